The van der Waals surface area contributed by atoms with Crippen molar-refractivity contribution in [2.24, 2.45) is 0 Å². The van der Waals surface area contributed by atoms with Crippen LogP contribution in [-0.2, 0) is 20.9 Å². The minimum atomic E-state index is -1.15. The third-order valence-electron chi connectivity index (χ3n) is 8.24. The van der Waals surface area contributed by atoms with E-state index in [-0.39, 0.29) is 12.1 Å². The van der Waals surface area contributed by atoms with Crippen LogP contribution in [0.5, 0.6) is 11.5 Å². The highest BCUT2D eigenvalue weighted by atomic mass is 16.5. The lowest BCUT2D eigenvalue weighted by atomic mass is 10.0. The molecule has 2 N–H and O–H groups in total. The van der Waals surface area contributed by atoms with Crippen molar-refractivity contribution in [3.63, 3.8) is 0 Å². The SMILES string of the molecule is COc1ccc(NC(=O)C(c2c[nH]c3ccccc23)N(Cc2ccccc2C)C(=O)CN2C(=O)C(=O)c3ccccc32)c(OC)c1. The van der Waals surface area contributed by atoms with E-state index in [0.29, 0.717) is 28.4 Å². The molecule has 0 bridgehead atoms. The summed E-state index contributed by atoms with van der Waals surface area (Å²) in [6, 6.07) is 25.5. The molecule has 0 saturated carbocycles. The summed E-state index contributed by atoms with van der Waals surface area (Å²) in [6.45, 7) is 1.55. The summed E-state index contributed by atoms with van der Waals surface area (Å²) >= 11 is 0. The van der Waals surface area contributed by atoms with Crippen molar-refractivity contribution in [3.05, 3.63) is 119 Å². The van der Waals surface area contributed by atoms with Gasteiger partial charge in [0.2, 0.25) is 5.91 Å². The van der Waals surface area contributed by atoms with Crippen molar-refractivity contribution in [1.82, 2.24) is 9.88 Å². The summed E-state index contributed by atoms with van der Waals surface area (Å²) in [4.78, 5) is 60.8. The van der Waals surface area contributed by atoms with Crippen LogP contribution in [0.2, 0.25) is 0 Å². The molecule has 4 aromatic carbocycles. The average molecular weight is 617 g/mol. The number of carbonyl (C=O) groups excluding carboxylic acids is 4. The summed E-state index contributed by atoms with van der Waals surface area (Å²) in [5.74, 6) is -1.56. The third kappa shape index (κ3) is 5.56. The van der Waals surface area contributed by atoms with Gasteiger partial charge < -0.3 is 24.7 Å². The molecular weight excluding hydrogens is 584 g/mol. The van der Waals surface area contributed by atoms with E-state index in [0.717, 1.165) is 22.0 Å². The minimum Gasteiger partial charge on any atom is -0.497 e. The van der Waals surface area contributed by atoms with Crippen molar-refractivity contribution in [2.75, 3.05) is 31.0 Å². The number of benzene rings is 4. The standard InChI is InChI=1S/C36H32N4O6/c1-22-10-4-5-11-23(22)20-40(32(41)21-39-30-15-9-7-13-26(30)34(42)36(39)44)33(27-19-37-28-14-8-6-12-25(27)28)35(43)38-29-17-16-24(45-2)18-31(29)46-3/h4-19,33,37H,20-21H2,1-3H3,(H,38,43). The number of H-pyrrole nitrogens is 1. The lowest BCUT2D eigenvalue weighted by Crippen LogP contribution is -2.46. The molecule has 0 aliphatic carbocycles. The number of ketones is 1. The van der Waals surface area contributed by atoms with E-state index in [1.807, 2.05) is 55.5 Å². The molecule has 0 saturated heterocycles. The fourth-order valence-electron chi connectivity index (χ4n) is 5.80. The second-order valence-corrected chi connectivity index (χ2v) is 10.9. The van der Waals surface area contributed by atoms with Crippen molar-refractivity contribution < 1.29 is 28.7 Å². The number of nitrogens with zero attached hydrogens (tertiary/aromatic N) is 2. The highest BCUT2D eigenvalue weighted by Crippen LogP contribution is 2.35. The molecule has 46 heavy (non-hydrogen) atoms. The second kappa shape index (κ2) is 12.6. The zero-order valence-electron chi connectivity index (χ0n) is 25.6. The summed E-state index contributed by atoms with van der Waals surface area (Å²) in [7, 11) is 3.02. The van der Waals surface area contributed by atoms with Gasteiger partial charge in [0.25, 0.3) is 17.6 Å². The molecular formula is C36H32N4O6. The van der Waals surface area contributed by atoms with Crippen LogP contribution >= 0.6 is 0 Å². The van der Waals surface area contributed by atoms with E-state index >= 15 is 0 Å². The fraction of sp³-hybridized carbons (Fsp3) is 0.167. The molecule has 3 amide bonds. The van der Waals surface area contributed by atoms with E-state index in [4.69, 9.17) is 9.47 Å². The van der Waals surface area contributed by atoms with Crippen molar-refractivity contribution >= 4 is 45.8 Å². The Morgan fingerprint density at radius 2 is 1.65 bits per heavy atom. The molecule has 10 heteroatoms. The van der Waals surface area contributed by atoms with E-state index in [9.17, 15) is 19.2 Å². The molecule has 5 aromatic rings. The number of aromatic amines is 1. The average Bonchev–Trinajstić information content (AvgIpc) is 3.60. The summed E-state index contributed by atoms with van der Waals surface area (Å²) in [5, 5.41) is 3.72. The van der Waals surface area contributed by atoms with Crippen LogP contribution in [0.25, 0.3) is 10.9 Å². The van der Waals surface area contributed by atoms with Gasteiger partial charge in [-0.05, 0) is 48.4 Å². The van der Waals surface area contributed by atoms with E-state index in [1.165, 1.54) is 24.0 Å². The molecule has 0 spiro atoms. The van der Waals surface area contributed by atoms with Gasteiger partial charge in [-0.2, -0.15) is 0 Å². The third-order valence-corrected chi connectivity index (χ3v) is 8.24. The predicted molar refractivity (Wildman–Crippen MR) is 174 cm³/mol. The zero-order chi connectivity index (χ0) is 32.4. The van der Waals surface area contributed by atoms with Crippen LogP contribution in [0, 0.1) is 6.92 Å². The Morgan fingerprint density at radius 3 is 2.43 bits per heavy atom. The summed E-state index contributed by atoms with van der Waals surface area (Å²) < 4.78 is 10.9. The Hall–Kier alpha value is -5.90. The number of ether oxygens (including phenoxy) is 2. The molecule has 0 radical (unpaired) electrons. The molecule has 10 nitrogen and oxygen atoms in total. The van der Waals surface area contributed by atoms with Crippen LogP contribution < -0.4 is 19.7 Å². The molecule has 1 aliphatic heterocycles. The van der Waals surface area contributed by atoms with Crippen molar-refractivity contribution in [1.29, 1.82) is 0 Å². The van der Waals surface area contributed by atoms with Crippen molar-refractivity contribution in [2.45, 2.75) is 19.5 Å². The van der Waals surface area contributed by atoms with Gasteiger partial charge >= 0.3 is 0 Å². The Labute approximate surface area is 265 Å². The number of Topliss-reactive ketones (excluding diaryl/α,β-unsaturated/α-hetero) is 1. The summed E-state index contributed by atoms with van der Waals surface area (Å²) in [5.41, 5.74) is 4.08. The van der Waals surface area contributed by atoms with Gasteiger partial charge in [0.05, 0.1) is 31.2 Å². The minimum absolute atomic E-state index is 0.0560. The molecule has 2 heterocycles. The number of hydrogen-bond donors (Lipinski definition) is 2. The maximum atomic E-state index is 14.5. The summed E-state index contributed by atoms with van der Waals surface area (Å²) in [6.07, 6.45) is 1.72. The highest BCUT2D eigenvalue weighted by molar-refractivity contribution is 6.52. The number of aryl methyl sites for hydroxylation is 1. The number of amides is 3. The zero-order valence-corrected chi connectivity index (χ0v) is 25.6. The number of hydrogen-bond acceptors (Lipinski definition) is 6. The van der Waals surface area contributed by atoms with Gasteiger partial charge in [-0.15, -0.1) is 0 Å². The number of anilines is 2. The van der Waals surface area contributed by atoms with Gasteiger partial charge in [0, 0.05) is 35.3 Å². The fourth-order valence-corrected chi connectivity index (χ4v) is 5.80. The van der Waals surface area contributed by atoms with Gasteiger partial charge in [-0.1, -0.05) is 54.6 Å². The molecule has 0 fully saturated rings. The van der Waals surface area contributed by atoms with E-state index < -0.39 is 36.1 Å². The normalized spacial score (nSPS) is 13.0. The first kappa shape index (κ1) is 30.1. The lowest BCUT2D eigenvalue weighted by molar-refractivity contribution is -0.139. The molecule has 1 atom stereocenters. The van der Waals surface area contributed by atoms with E-state index in [2.05, 4.69) is 10.3 Å². The Bertz CT molecular complexity index is 1980. The molecule has 1 aliphatic rings. The number of rotatable bonds is 10. The first-order chi connectivity index (χ1) is 22.3. The van der Waals surface area contributed by atoms with Gasteiger partial charge in [0.1, 0.15) is 24.1 Å². The maximum Gasteiger partial charge on any atom is 0.299 e. The van der Waals surface area contributed by atoms with Crippen LogP contribution in [0.1, 0.15) is 33.1 Å². The molecule has 232 valence electrons. The lowest BCUT2D eigenvalue weighted by Gasteiger charge is -2.33. The number of carbonyl (C=O) groups is 4. The van der Waals surface area contributed by atoms with Crippen LogP contribution in [0.4, 0.5) is 11.4 Å². The number of methoxy groups -OCH3 is 2. The van der Waals surface area contributed by atoms with Crippen molar-refractivity contribution in [3.8, 4) is 11.5 Å². The number of fused-ring (bicyclic) bond motifs is 2. The number of para-hydroxylation sites is 2. The first-order valence-corrected chi connectivity index (χ1v) is 14.7. The van der Waals surface area contributed by atoms with E-state index in [1.54, 1.807) is 48.7 Å². The topological polar surface area (TPSA) is 121 Å². The quantitative estimate of drug-likeness (QED) is 0.202. The van der Waals surface area contributed by atoms with Gasteiger partial charge in [0.15, 0.2) is 0 Å². The predicted octanol–water partition coefficient (Wildman–Crippen LogP) is 5.43. The highest BCUT2D eigenvalue weighted by Gasteiger charge is 2.40. The largest absolute Gasteiger partial charge is 0.497 e. The molecule has 6 rings (SSSR count). The van der Waals surface area contributed by atoms with Gasteiger partial charge in [-0.25, -0.2) is 0 Å². The van der Waals surface area contributed by atoms with Gasteiger partial charge in [-0.3, -0.25) is 24.1 Å². The smallest absolute Gasteiger partial charge is 0.299 e. The monoisotopic (exact) mass is 616 g/mol. The first-order valence-electron chi connectivity index (χ1n) is 14.7. The van der Waals surface area contributed by atoms with Crippen LogP contribution in [0.3, 0.4) is 0 Å². The maximum absolute atomic E-state index is 14.5. The Morgan fingerprint density at radius 1 is 0.913 bits per heavy atom. The van der Waals surface area contributed by atoms with Crippen LogP contribution in [-0.4, -0.2) is 54.2 Å². The Kier molecular flexibility index (Phi) is 8.26. The van der Waals surface area contributed by atoms with Crippen LogP contribution in [0.15, 0.2) is 97.2 Å². The Balaban J connectivity index is 1.46. The molecule has 1 aromatic heterocycles. The second-order valence-electron chi connectivity index (χ2n) is 10.9. The molecule has 1 unspecified atom stereocenters. The number of nitrogens with one attached hydrogen (secondary N) is 2. The number of aromatic nitrogens is 1.